The van der Waals surface area contributed by atoms with Crippen molar-refractivity contribution in [3.05, 3.63) is 17.1 Å². The van der Waals surface area contributed by atoms with E-state index in [0.29, 0.717) is 24.0 Å². The van der Waals surface area contributed by atoms with Crippen LogP contribution in [0.2, 0.25) is 0 Å². The maximum absolute atomic E-state index is 12.2. The molecule has 25 heavy (non-hydrogen) atoms. The van der Waals surface area contributed by atoms with Crippen LogP contribution in [-0.2, 0) is 11.2 Å². The first-order valence-electron chi connectivity index (χ1n) is 9.41. The van der Waals surface area contributed by atoms with Crippen molar-refractivity contribution in [3.8, 4) is 0 Å². The van der Waals surface area contributed by atoms with Gasteiger partial charge >= 0.3 is 0 Å². The number of aryl methyl sites for hydroxylation is 1. The third-order valence-electron chi connectivity index (χ3n) is 5.41. The van der Waals surface area contributed by atoms with Crippen molar-refractivity contribution in [1.29, 1.82) is 0 Å². The summed E-state index contributed by atoms with van der Waals surface area (Å²) in [5.74, 6) is 2.26. The van der Waals surface area contributed by atoms with E-state index in [-0.39, 0.29) is 5.91 Å². The second kappa shape index (κ2) is 7.25. The fourth-order valence-electron chi connectivity index (χ4n) is 4.20. The number of anilines is 1. The summed E-state index contributed by atoms with van der Waals surface area (Å²) in [6.07, 6.45) is 3.26. The highest BCUT2D eigenvalue weighted by atomic mass is 16.5. The zero-order chi connectivity index (χ0) is 17.2. The van der Waals surface area contributed by atoms with Crippen molar-refractivity contribution in [2.75, 3.05) is 57.4 Å². The maximum atomic E-state index is 12.2. The van der Waals surface area contributed by atoms with E-state index in [2.05, 4.69) is 20.1 Å². The van der Waals surface area contributed by atoms with Crippen molar-refractivity contribution in [3.63, 3.8) is 0 Å². The SMILES string of the molecule is Cc1nc2c(c(N3CCCC(CN4CCOCC4)C3)n1)CCNC2=O. The second-order valence-corrected chi connectivity index (χ2v) is 7.29. The molecule has 0 spiro atoms. The van der Waals surface area contributed by atoms with Crippen molar-refractivity contribution < 1.29 is 9.53 Å². The zero-order valence-corrected chi connectivity index (χ0v) is 15.0. The van der Waals surface area contributed by atoms with E-state index < -0.39 is 0 Å². The van der Waals surface area contributed by atoms with E-state index in [1.54, 1.807) is 0 Å². The average molecular weight is 345 g/mol. The fraction of sp³-hybridized carbons (Fsp3) is 0.722. The monoisotopic (exact) mass is 345 g/mol. The molecule has 0 aromatic carbocycles. The number of fused-ring (bicyclic) bond motifs is 1. The number of hydrogen-bond donors (Lipinski definition) is 1. The Bertz CT molecular complexity index is 645. The van der Waals surface area contributed by atoms with Gasteiger partial charge in [0.25, 0.3) is 5.91 Å². The minimum absolute atomic E-state index is 0.0603. The Morgan fingerprint density at radius 3 is 2.92 bits per heavy atom. The Kier molecular flexibility index (Phi) is 4.85. The van der Waals surface area contributed by atoms with Crippen LogP contribution in [0, 0.1) is 12.8 Å². The molecule has 0 saturated carbocycles. The lowest BCUT2D eigenvalue weighted by molar-refractivity contribution is 0.0296. The first kappa shape index (κ1) is 16.7. The number of ether oxygens (including phenoxy) is 1. The Balaban J connectivity index is 1.52. The summed E-state index contributed by atoms with van der Waals surface area (Å²) < 4.78 is 5.46. The van der Waals surface area contributed by atoms with Gasteiger partial charge in [-0.3, -0.25) is 9.69 Å². The fourth-order valence-corrected chi connectivity index (χ4v) is 4.20. The lowest BCUT2D eigenvalue weighted by Crippen LogP contribution is -2.45. The summed E-state index contributed by atoms with van der Waals surface area (Å²) in [7, 11) is 0. The highest BCUT2D eigenvalue weighted by molar-refractivity contribution is 5.96. The van der Waals surface area contributed by atoms with Crippen LogP contribution in [0.4, 0.5) is 5.82 Å². The summed E-state index contributed by atoms with van der Waals surface area (Å²) in [6.45, 7) is 9.50. The highest BCUT2D eigenvalue weighted by Gasteiger charge is 2.29. The van der Waals surface area contributed by atoms with Gasteiger partial charge in [0.15, 0.2) is 0 Å². The topological polar surface area (TPSA) is 70.6 Å². The van der Waals surface area contributed by atoms with Crippen LogP contribution in [0.5, 0.6) is 0 Å². The van der Waals surface area contributed by atoms with Crippen molar-refractivity contribution in [1.82, 2.24) is 20.2 Å². The molecule has 7 heteroatoms. The third-order valence-corrected chi connectivity index (χ3v) is 5.41. The molecule has 2 saturated heterocycles. The standard InChI is InChI=1S/C18H27N5O2/c1-13-20-16-15(4-5-19-18(16)24)17(21-13)23-6-2-3-14(12-23)11-22-7-9-25-10-8-22/h14H,2-12H2,1H3,(H,19,24). The number of morpholine rings is 1. The number of carbonyl (C=O) groups excluding carboxylic acids is 1. The molecule has 1 N–H and O–H groups in total. The van der Waals surface area contributed by atoms with Crippen LogP contribution < -0.4 is 10.2 Å². The molecule has 0 aliphatic carbocycles. The van der Waals surface area contributed by atoms with Crippen LogP contribution in [-0.4, -0.2) is 73.3 Å². The van der Waals surface area contributed by atoms with Gasteiger partial charge in [-0.25, -0.2) is 9.97 Å². The van der Waals surface area contributed by atoms with E-state index >= 15 is 0 Å². The van der Waals surface area contributed by atoms with Crippen LogP contribution in [0.1, 0.15) is 34.7 Å². The first-order chi connectivity index (χ1) is 12.2. The summed E-state index contributed by atoms with van der Waals surface area (Å²) in [4.78, 5) is 26.2. The van der Waals surface area contributed by atoms with Gasteiger partial charge < -0.3 is 15.0 Å². The molecule has 1 aromatic rings. The number of hydrogen-bond acceptors (Lipinski definition) is 6. The average Bonchev–Trinajstić information content (AvgIpc) is 2.63. The largest absolute Gasteiger partial charge is 0.379 e. The Morgan fingerprint density at radius 1 is 1.24 bits per heavy atom. The van der Waals surface area contributed by atoms with Gasteiger partial charge in [-0.05, 0) is 32.1 Å². The highest BCUT2D eigenvalue weighted by Crippen LogP contribution is 2.28. The van der Waals surface area contributed by atoms with Crippen LogP contribution in [0.15, 0.2) is 0 Å². The van der Waals surface area contributed by atoms with E-state index in [1.165, 1.54) is 12.8 Å². The van der Waals surface area contributed by atoms with Crippen molar-refractivity contribution >= 4 is 11.7 Å². The molecule has 3 aliphatic rings. The number of piperidine rings is 1. The van der Waals surface area contributed by atoms with Gasteiger partial charge in [0.05, 0.1) is 13.2 Å². The summed E-state index contributed by atoms with van der Waals surface area (Å²) in [5, 5.41) is 2.89. The van der Waals surface area contributed by atoms with Gasteiger partial charge in [0.2, 0.25) is 0 Å². The number of nitrogens with one attached hydrogen (secondary N) is 1. The molecule has 2 fully saturated rings. The van der Waals surface area contributed by atoms with Gasteiger partial charge in [0.1, 0.15) is 17.3 Å². The van der Waals surface area contributed by atoms with Gasteiger partial charge in [0, 0.05) is 44.8 Å². The van der Waals surface area contributed by atoms with Gasteiger partial charge in [-0.15, -0.1) is 0 Å². The zero-order valence-electron chi connectivity index (χ0n) is 15.0. The van der Waals surface area contributed by atoms with Gasteiger partial charge in [-0.1, -0.05) is 0 Å². The smallest absolute Gasteiger partial charge is 0.270 e. The Labute approximate surface area is 148 Å². The van der Waals surface area contributed by atoms with Gasteiger partial charge in [-0.2, -0.15) is 0 Å². The lowest BCUT2D eigenvalue weighted by Gasteiger charge is -2.38. The van der Waals surface area contributed by atoms with Crippen LogP contribution in [0.3, 0.4) is 0 Å². The summed E-state index contributed by atoms with van der Waals surface area (Å²) >= 11 is 0. The van der Waals surface area contributed by atoms with E-state index in [0.717, 1.165) is 63.7 Å². The molecule has 1 atom stereocenters. The second-order valence-electron chi connectivity index (χ2n) is 7.29. The van der Waals surface area contributed by atoms with E-state index in [9.17, 15) is 4.79 Å². The first-order valence-corrected chi connectivity index (χ1v) is 9.41. The minimum Gasteiger partial charge on any atom is -0.379 e. The molecule has 1 amide bonds. The number of aromatic nitrogens is 2. The third kappa shape index (κ3) is 3.62. The minimum atomic E-state index is -0.0603. The number of carbonyl (C=O) groups is 1. The van der Waals surface area contributed by atoms with E-state index in [1.807, 2.05) is 6.92 Å². The van der Waals surface area contributed by atoms with Crippen molar-refractivity contribution in [2.24, 2.45) is 5.92 Å². The lowest BCUT2D eigenvalue weighted by atomic mass is 9.96. The summed E-state index contributed by atoms with van der Waals surface area (Å²) in [6, 6.07) is 0. The van der Waals surface area contributed by atoms with E-state index in [4.69, 9.17) is 9.72 Å². The Hall–Kier alpha value is -1.73. The maximum Gasteiger partial charge on any atom is 0.270 e. The Morgan fingerprint density at radius 2 is 2.08 bits per heavy atom. The molecule has 4 rings (SSSR count). The molecule has 7 nitrogen and oxygen atoms in total. The molecular weight excluding hydrogens is 318 g/mol. The van der Waals surface area contributed by atoms with Crippen molar-refractivity contribution in [2.45, 2.75) is 26.2 Å². The molecule has 1 unspecified atom stereocenters. The molecule has 3 aliphatic heterocycles. The molecule has 136 valence electrons. The quantitative estimate of drug-likeness (QED) is 0.866. The number of rotatable bonds is 3. The normalized spacial score (nSPS) is 24.8. The summed E-state index contributed by atoms with van der Waals surface area (Å²) in [5.41, 5.74) is 1.60. The molecule has 4 heterocycles. The molecular formula is C18H27N5O2. The molecule has 1 aromatic heterocycles. The molecule has 0 radical (unpaired) electrons. The number of amides is 1. The predicted octanol–water partition coefficient (Wildman–Crippen LogP) is 0.620. The number of nitrogens with zero attached hydrogens (tertiary/aromatic N) is 4. The van der Waals surface area contributed by atoms with Crippen LogP contribution >= 0.6 is 0 Å². The van der Waals surface area contributed by atoms with Crippen LogP contribution in [0.25, 0.3) is 0 Å². The predicted molar refractivity (Wildman–Crippen MR) is 95.0 cm³/mol. The molecule has 0 bridgehead atoms.